The Morgan fingerprint density at radius 1 is 1.38 bits per heavy atom. The summed E-state index contributed by atoms with van der Waals surface area (Å²) in [7, 11) is 1.38. The predicted molar refractivity (Wildman–Crippen MR) is 52.1 cm³/mol. The van der Waals surface area contributed by atoms with E-state index in [0.717, 1.165) is 5.56 Å². The molecule has 86 valence electrons. The molecule has 0 saturated heterocycles. The second-order valence-corrected chi connectivity index (χ2v) is 3.33. The minimum absolute atomic E-state index is 0.0996. The van der Waals surface area contributed by atoms with E-state index in [2.05, 4.69) is 0 Å². The topological polar surface area (TPSA) is 33.0 Å². The van der Waals surface area contributed by atoms with Crippen LogP contribution in [0, 0.1) is 18.3 Å². The number of hydrogen-bond acceptors (Lipinski definition) is 2. The third-order valence-corrected chi connectivity index (χ3v) is 2.22. The average molecular weight is 229 g/mol. The van der Waals surface area contributed by atoms with Gasteiger partial charge >= 0.3 is 6.18 Å². The molecule has 0 aromatic heterocycles. The number of nitrogens with zero attached hydrogens (tertiary/aromatic N) is 1. The Balaban J connectivity index is 3.18. The number of ether oxygens (including phenoxy) is 1. The smallest absolute Gasteiger partial charge is 0.408 e. The van der Waals surface area contributed by atoms with E-state index in [1.54, 1.807) is 6.92 Å². The molecule has 1 rings (SSSR count). The number of aryl methyl sites for hydroxylation is 1. The van der Waals surface area contributed by atoms with E-state index in [1.165, 1.54) is 31.4 Å². The van der Waals surface area contributed by atoms with Crippen LogP contribution in [0.2, 0.25) is 0 Å². The lowest BCUT2D eigenvalue weighted by atomic mass is 9.98. The van der Waals surface area contributed by atoms with Crippen LogP contribution in [0.4, 0.5) is 13.2 Å². The van der Waals surface area contributed by atoms with E-state index in [0.29, 0.717) is 5.75 Å². The van der Waals surface area contributed by atoms with Gasteiger partial charge in [0.1, 0.15) is 5.75 Å². The van der Waals surface area contributed by atoms with Gasteiger partial charge in [-0.25, -0.2) is 0 Å². The van der Waals surface area contributed by atoms with Crippen LogP contribution in [-0.2, 0) is 0 Å². The van der Waals surface area contributed by atoms with Crippen molar-refractivity contribution < 1.29 is 17.9 Å². The first kappa shape index (κ1) is 12.4. The lowest BCUT2D eigenvalue weighted by Gasteiger charge is -2.15. The van der Waals surface area contributed by atoms with E-state index in [9.17, 15) is 13.2 Å². The van der Waals surface area contributed by atoms with Gasteiger partial charge in [-0.15, -0.1) is 0 Å². The SMILES string of the molecule is COc1cc(C(C#N)C(F)(F)F)ccc1C. The fourth-order valence-corrected chi connectivity index (χ4v) is 1.35. The lowest BCUT2D eigenvalue weighted by Crippen LogP contribution is -2.19. The molecule has 0 aliphatic rings. The highest BCUT2D eigenvalue weighted by Crippen LogP contribution is 2.36. The number of alkyl halides is 3. The monoisotopic (exact) mass is 229 g/mol. The maximum Gasteiger partial charge on any atom is 0.408 e. The average Bonchev–Trinajstić information content (AvgIpc) is 2.19. The third-order valence-electron chi connectivity index (χ3n) is 2.22. The Bertz CT molecular complexity index is 420. The van der Waals surface area contributed by atoms with Gasteiger partial charge in [0, 0.05) is 0 Å². The van der Waals surface area contributed by atoms with Crippen molar-refractivity contribution in [3.63, 3.8) is 0 Å². The molecule has 0 N–H and O–H groups in total. The van der Waals surface area contributed by atoms with Crippen molar-refractivity contribution >= 4 is 0 Å². The Kier molecular flexibility index (Phi) is 3.43. The molecule has 0 bridgehead atoms. The molecule has 5 heteroatoms. The van der Waals surface area contributed by atoms with Crippen LogP contribution in [0.3, 0.4) is 0 Å². The zero-order chi connectivity index (χ0) is 12.3. The van der Waals surface area contributed by atoms with Crippen LogP contribution in [-0.4, -0.2) is 13.3 Å². The fourth-order valence-electron chi connectivity index (χ4n) is 1.35. The van der Waals surface area contributed by atoms with E-state index >= 15 is 0 Å². The Morgan fingerprint density at radius 3 is 2.44 bits per heavy atom. The Labute approximate surface area is 91.3 Å². The van der Waals surface area contributed by atoms with Gasteiger partial charge in [0.25, 0.3) is 0 Å². The molecule has 0 radical (unpaired) electrons. The summed E-state index contributed by atoms with van der Waals surface area (Å²) in [4.78, 5) is 0. The van der Waals surface area contributed by atoms with Gasteiger partial charge in [0.05, 0.1) is 13.2 Å². The van der Waals surface area contributed by atoms with Crippen molar-refractivity contribution in [3.8, 4) is 11.8 Å². The molecule has 0 heterocycles. The van der Waals surface area contributed by atoms with E-state index < -0.39 is 12.1 Å². The molecule has 1 aromatic rings. The molecule has 0 saturated carbocycles. The van der Waals surface area contributed by atoms with Crippen molar-refractivity contribution in [1.29, 1.82) is 5.26 Å². The largest absolute Gasteiger partial charge is 0.496 e. The van der Waals surface area contributed by atoms with Gasteiger partial charge < -0.3 is 4.74 Å². The molecule has 0 aliphatic carbocycles. The summed E-state index contributed by atoms with van der Waals surface area (Å²) in [6.45, 7) is 1.72. The summed E-state index contributed by atoms with van der Waals surface area (Å²) in [6, 6.07) is 5.29. The second-order valence-electron chi connectivity index (χ2n) is 3.33. The fraction of sp³-hybridized carbons (Fsp3) is 0.364. The third kappa shape index (κ3) is 2.45. The van der Waals surface area contributed by atoms with Gasteiger partial charge in [0.2, 0.25) is 0 Å². The van der Waals surface area contributed by atoms with E-state index in [1.807, 2.05) is 0 Å². The minimum atomic E-state index is -4.56. The zero-order valence-electron chi connectivity index (χ0n) is 8.80. The van der Waals surface area contributed by atoms with Crippen molar-refractivity contribution in [2.24, 2.45) is 0 Å². The van der Waals surface area contributed by atoms with Crippen LogP contribution in [0.15, 0.2) is 18.2 Å². The van der Waals surface area contributed by atoms with Crippen LogP contribution < -0.4 is 4.74 Å². The van der Waals surface area contributed by atoms with Gasteiger partial charge in [-0.3, -0.25) is 0 Å². The number of rotatable bonds is 2. The lowest BCUT2D eigenvalue weighted by molar-refractivity contribution is -0.137. The van der Waals surface area contributed by atoms with Crippen LogP contribution in [0.1, 0.15) is 17.0 Å². The molecule has 2 nitrogen and oxygen atoms in total. The molecule has 0 fully saturated rings. The number of benzene rings is 1. The predicted octanol–water partition coefficient (Wildman–Crippen LogP) is 3.17. The highest BCUT2D eigenvalue weighted by Gasteiger charge is 2.41. The Hall–Kier alpha value is -1.70. The molecular formula is C11H10F3NO. The van der Waals surface area contributed by atoms with Crippen molar-refractivity contribution in [3.05, 3.63) is 29.3 Å². The summed E-state index contributed by atoms with van der Waals surface area (Å²) >= 11 is 0. The first-order valence-electron chi connectivity index (χ1n) is 4.51. The van der Waals surface area contributed by atoms with E-state index in [-0.39, 0.29) is 5.56 Å². The highest BCUT2D eigenvalue weighted by atomic mass is 19.4. The first-order valence-corrected chi connectivity index (χ1v) is 4.51. The van der Waals surface area contributed by atoms with E-state index in [4.69, 9.17) is 10.00 Å². The summed E-state index contributed by atoms with van der Waals surface area (Å²) in [6.07, 6.45) is -4.56. The first-order chi connectivity index (χ1) is 7.40. The highest BCUT2D eigenvalue weighted by molar-refractivity contribution is 5.40. The maximum atomic E-state index is 12.5. The molecule has 0 aliphatic heterocycles. The quantitative estimate of drug-likeness (QED) is 0.780. The van der Waals surface area contributed by atoms with Gasteiger partial charge in [-0.1, -0.05) is 12.1 Å². The van der Waals surface area contributed by atoms with Crippen molar-refractivity contribution in [1.82, 2.24) is 0 Å². The summed E-state index contributed by atoms with van der Waals surface area (Å²) < 4.78 is 42.4. The number of halogens is 3. The van der Waals surface area contributed by atoms with Crippen molar-refractivity contribution in [2.45, 2.75) is 19.0 Å². The molecule has 0 amide bonds. The molecule has 1 aromatic carbocycles. The number of methoxy groups -OCH3 is 1. The number of hydrogen-bond donors (Lipinski definition) is 0. The molecule has 1 atom stereocenters. The summed E-state index contributed by atoms with van der Waals surface area (Å²) in [5.41, 5.74) is 0.627. The molecule has 1 unspecified atom stereocenters. The second kappa shape index (κ2) is 4.44. The molecule has 0 spiro atoms. The minimum Gasteiger partial charge on any atom is -0.496 e. The molecular weight excluding hydrogens is 219 g/mol. The van der Waals surface area contributed by atoms with Crippen LogP contribution in [0.5, 0.6) is 5.75 Å². The normalized spacial score (nSPS) is 13.0. The number of nitriles is 1. The standard InChI is InChI=1S/C11H10F3NO/c1-7-3-4-8(5-10(7)16-2)9(6-15)11(12,13)14/h3-5,9H,1-2H3. The van der Waals surface area contributed by atoms with Crippen LogP contribution in [0.25, 0.3) is 0 Å². The van der Waals surface area contributed by atoms with Crippen LogP contribution >= 0.6 is 0 Å². The van der Waals surface area contributed by atoms with Gasteiger partial charge in [-0.2, -0.15) is 18.4 Å². The summed E-state index contributed by atoms with van der Waals surface area (Å²) in [5.74, 6) is -1.76. The molecule has 16 heavy (non-hydrogen) atoms. The van der Waals surface area contributed by atoms with Gasteiger partial charge in [-0.05, 0) is 24.1 Å². The zero-order valence-corrected chi connectivity index (χ0v) is 8.80. The van der Waals surface area contributed by atoms with Gasteiger partial charge in [0.15, 0.2) is 5.92 Å². The summed E-state index contributed by atoms with van der Waals surface area (Å²) in [5, 5.41) is 8.54. The van der Waals surface area contributed by atoms with Crippen molar-refractivity contribution in [2.75, 3.05) is 7.11 Å². The maximum absolute atomic E-state index is 12.5. The Morgan fingerprint density at radius 2 is 2.00 bits per heavy atom.